The lowest BCUT2D eigenvalue weighted by Crippen LogP contribution is -2.18. The maximum absolute atomic E-state index is 13.1. The fourth-order valence-corrected chi connectivity index (χ4v) is 1.24. The van der Waals surface area contributed by atoms with Crippen LogP contribution in [0.4, 0.5) is 22.0 Å². The van der Waals surface area contributed by atoms with E-state index in [1.54, 1.807) is 0 Å². The predicted molar refractivity (Wildman–Crippen MR) is 52.2 cm³/mol. The Morgan fingerprint density at radius 2 is 1.72 bits per heavy atom. The maximum atomic E-state index is 13.1. The van der Waals surface area contributed by atoms with E-state index in [2.05, 4.69) is 4.74 Å². The number of ketones is 1. The normalized spacial score (nSPS) is 11.6. The summed E-state index contributed by atoms with van der Waals surface area (Å²) in [5.41, 5.74) is -0.756. The monoisotopic (exact) mass is 268 g/mol. The first-order valence-electron chi connectivity index (χ1n) is 4.93. The minimum Gasteiger partial charge on any atom is -0.372 e. The van der Waals surface area contributed by atoms with Crippen molar-refractivity contribution in [2.24, 2.45) is 0 Å². The number of carbonyl (C=O) groups excluding carboxylic acids is 1. The topological polar surface area (TPSA) is 26.3 Å². The van der Waals surface area contributed by atoms with E-state index in [0.29, 0.717) is 0 Å². The zero-order valence-electron chi connectivity index (χ0n) is 9.06. The molecular formula is C11H9F5O2. The second-order valence-electron chi connectivity index (χ2n) is 3.44. The highest BCUT2D eigenvalue weighted by Crippen LogP contribution is 2.16. The zero-order chi connectivity index (χ0) is 13.8. The fraction of sp³-hybridized carbons (Fsp3) is 0.364. The Hall–Kier alpha value is -1.50. The van der Waals surface area contributed by atoms with Crippen molar-refractivity contribution in [2.45, 2.75) is 12.6 Å². The van der Waals surface area contributed by atoms with Crippen LogP contribution in [0.1, 0.15) is 16.8 Å². The van der Waals surface area contributed by atoms with Gasteiger partial charge in [-0.25, -0.2) is 8.78 Å². The molecule has 1 aromatic rings. The van der Waals surface area contributed by atoms with Gasteiger partial charge in [-0.2, -0.15) is 13.2 Å². The maximum Gasteiger partial charge on any atom is 0.411 e. The number of hydrogen-bond donors (Lipinski definition) is 0. The number of hydrogen-bond acceptors (Lipinski definition) is 2. The fourth-order valence-electron chi connectivity index (χ4n) is 1.24. The van der Waals surface area contributed by atoms with Crippen LogP contribution in [0.3, 0.4) is 0 Å². The number of ether oxygens (including phenoxy) is 1. The molecule has 0 amide bonds. The van der Waals surface area contributed by atoms with Crippen molar-refractivity contribution >= 4 is 5.78 Å². The molecule has 1 aromatic carbocycles. The Morgan fingerprint density at radius 1 is 1.17 bits per heavy atom. The van der Waals surface area contributed by atoms with Crippen LogP contribution in [-0.2, 0) is 4.74 Å². The summed E-state index contributed by atoms with van der Waals surface area (Å²) in [5.74, 6) is -3.03. The third-order valence-corrected chi connectivity index (χ3v) is 1.98. The summed E-state index contributed by atoms with van der Waals surface area (Å²) in [6.45, 7) is -2.05. The molecule has 0 saturated heterocycles. The SMILES string of the molecule is O=C(CCOCC(F)(F)F)c1c(F)cccc1F. The molecule has 18 heavy (non-hydrogen) atoms. The van der Waals surface area contributed by atoms with Crippen molar-refractivity contribution in [3.63, 3.8) is 0 Å². The van der Waals surface area contributed by atoms with Gasteiger partial charge in [-0.1, -0.05) is 6.07 Å². The highest BCUT2D eigenvalue weighted by molar-refractivity contribution is 5.96. The summed E-state index contributed by atoms with van der Waals surface area (Å²) in [6.07, 6.45) is -5.01. The minimum atomic E-state index is -4.49. The second kappa shape index (κ2) is 5.90. The Balaban J connectivity index is 2.51. The molecule has 7 heteroatoms. The molecule has 0 aliphatic rings. The summed E-state index contributed by atoms with van der Waals surface area (Å²) in [4.78, 5) is 11.4. The van der Waals surface area contributed by atoms with E-state index in [0.717, 1.165) is 18.2 Å². The highest BCUT2D eigenvalue weighted by Gasteiger charge is 2.27. The van der Waals surface area contributed by atoms with Gasteiger partial charge in [0.2, 0.25) is 0 Å². The van der Waals surface area contributed by atoms with Gasteiger partial charge in [0.15, 0.2) is 5.78 Å². The van der Waals surface area contributed by atoms with E-state index in [-0.39, 0.29) is 0 Å². The van der Waals surface area contributed by atoms with Gasteiger partial charge in [0.05, 0.1) is 12.2 Å². The molecule has 0 saturated carbocycles. The van der Waals surface area contributed by atoms with Gasteiger partial charge in [0.1, 0.15) is 18.2 Å². The van der Waals surface area contributed by atoms with Crippen molar-refractivity contribution in [3.05, 3.63) is 35.4 Å². The minimum absolute atomic E-state index is 0.520. The molecule has 0 N–H and O–H groups in total. The first-order chi connectivity index (χ1) is 8.31. The largest absolute Gasteiger partial charge is 0.411 e. The highest BCUT2D eigenvalue weighted by atomic mass is 19.4. The van der Waals surface area contributed by atoms with Crippen LogP contribution in [0.2, 0.25) is 0 Å². The molecule has 1 rings (SSSR count). The molecule has 0 bridgehead atoms. The average molecular weight is 268 g/mol. The Morgan fingerprint density at radius 3 is 2.22 bits per heavy atom. The summed E-state index contributed by atoms with van der Waals surface area (Å²) >= 11 is 0. The summed E-state index contributed by atoms with van der Waals surface area (Å²) in [6, 6.07) is 2.88. The third kappa shape index (κ3) is 4.40. The van der Waals surface area contributed by atoms with Crippen LogP contribution in [0.15, 0.2) is 18.2 Å². The molecule has 2 nitrogen and oxygen atoms in total. The summed E-state index contributed by atoms with van der Waals surface area (Å²) in [5, 5.41) is 0. The molecule has 0 aliphatic carbocycles. The molecular weight excluding hydrogens is 259 g/mol. The summed E-state index contributed by atoms with van der Waals surface area (Å²) < 4.78 is 65.5. The van der Waals surface area contributed by atoms with Gasteiger partial charge in [-0.15, -0.1) is 0 Å². The van der Waals surface area contributed by atoms with E-state index < -0.39 is 48.8 Å². The zero-order valence-corrected chi connectivity index (χ0v) is 9.06. The Labute approximate surface area is 99.4 Å². The van der Waals surface area contributed by atoms with Crippen molar-refractivity contribution < 1.29 is 31.5 Å². The Kier molecular flexibility index (Phi) is 4.77. The van der Waals surface area contributed by atoms with Crippen molar-refractivity contribution in [3.8, 4) is 0 Å². The van der Waals surface area contributed by atoms with Crippen LogP contribution >= 0.6 is 0 Å². The Bertz CT molecular complexity index is 408. The first-order valence-corrected chi connectivity index (χ1v) is 4.93. The second-order valence-corrected chi connectivity index (χ2v) is 3.44. The van der Waals surface area contributed by atoms with Crippen LogP contribution in [-0.4, -0.2) is 25.2 Å². The lowest BCUT2D eigenvalue weighted by molar-refractivity contribution is -0.173. The predicted octanol–water partition coefficient (Wildman–Crippen LogP) is 3.12. The molecule has 0 spiro atoms. The number of rotatable bonds is 5. The molecule has 100 valence electrons. The van der Waals surface area contributed by atoms with Gasteiger partial charge in [-0.3, -0.25) is 4.79 Å². The molecule has 0 radical (unpaired) electrons. The number of benzene rings is 1. The van der Waals surface area contributed by atoms with Gasteiger partial charge in [-0.05, 0) is 12.1 Å². The van der Waals surface area contributed by atoms with Gasteiger partial charge in [0.25, 0.3) is 0 Å². The molecule has 0 unspecified atom stereocenters. The number of Topliss-reactive ketones (excluding diaryl/α,β-unsaturated/α-hetero) is 1. The molecule has 0 heterocycles. The van der Waals surface area contributed by atoms with Crippen molar-refractivity contribution in [2.75, 3.05) is 13.2 Å². The number of alkyl halides is 3. The molecule has 0 fully saturated rings. The summed E-state index contributed by atoms with van der Waals surface area (Å²) in [7, 11) is 0. The molecule has 0 aromatic heterocycles. The van der Waals surface area contributed by atoms with Crippen LogP contribution in [0, 0.1) is 11.6 Å². The molecule has 0 atom stereocenters. The van der Waals surface area contributed by atoms with E-state index in [1.807, 2.05) is 0 Å². The van der Waals surface area contributed by atoms with Crippen LogP contribution in [0.25, 0.3) is 0 Å². The number of carbonyl (C=O) groups is 1. The van der Waals surface area contributed by atoms with Crippen LogP contribution in [0.5, 0.6) is 0 Å². The van der Waals surface area contributed by atoms with E-state index >= 15 is 0 Å². The van der Waals surface area contributed by atoms with E-state index in [4.69, 9.17) is 0 Å². The third-order valence-electron chi connectivity index (χ3n) is 1.98. The standard InChI is InChI=1S/C11H9F5O2/c12-7-2-1-3-8(13)10(7)9(17)4-5-18-6-11(14,15)16/h1-3H,4-6H2. The first kappa shape index (κ1) is 14.6. The van der Waals surface area contributed by atoms with E-state index in [9.17, 15) is 26.7 Å². The lowest BCUT2D eigenvalue weighted by Gasteiger charge is -2.07. The molecule has 0 aliphatic heterocycles. The quantitative estimate of drug-likeness (QED) is 0.466. The van der Waals surface area contributed by atoms with Gasteiger partial charge in [0, 0.05) is 6.42 Å². The smallest absolute Gasteiger partial charge is 0.372 e. The average Bonchev–Trinajstić information content (AvgIpc) is 2.23. The van der Waals surface area contributed by atoms with Gasteiger partial charge < -0.3 is 4.74 Å². The van der Waals surface area contributed by atoms with Gasteiger partial charge >= 0.3 is 6.18 Å². The lowest BCUT2D eigenvalue weighted by atomic mass is 10.1. The van der Waals surface area contributed by atoms with Crippen molar-refractivity contribution in [1.29, 1.82) is 0 Å². The van der Waals surface area contributed by atoms with Crippen molar-refractivity contribution in [1.82, 2.24) is 0 Å². The van der Waals surface area contributed by atoms with E-state index in [1.165, 1.54) is 0 Å². The number of halogens is 5. The van der Waals surface area contributed by atoms with Crippen LogP contribution < -0.4 is 0 Å².